The van der Waals surface area contributed by atoms with Gasteiger partial charge in [-0.3, -0.25) is 0 Å². The van der Waals surface area contributed by atoms with Crippen molar-refractivity contribution in [3.8, 4) is 0 Å². The highest BCUT2D eigenvalue weighted by atomic mass is 32.2. The van der Waals surface area contributed by atoms with E-state index in [0.717, 1.165) is 30.1 Å². The highest BCUT2D eigenvalue weighted by molar-refractivity contribution is 8.00. The topological polar surface area (TPSA) is 15.3 Å². The molecule has 1 aromatic carbocycles. The summed E-state index contributed by atoms with van der Waals surface area (Å²) < 4.78 is 14.5. The van der Waals surface area contributed by atoms with Crippen LogP contribution in [0.5, 0.6) is 0 Å². The zero-order valence-electron chi connectivity index (χ0n) is 12.8. The van der Waals surface area contributed by atoms with E-state index in [0.29, 0.717) is 11.3 Å². The maximum absolute atomic E-state index is 14.5. The lowest BCUT2D eigenvalue weighted by Gasteiger charge is -2.39. The van der Waals surface area contributed by atoms with Gasteiger partial charge in [-0.05, 0) is 38.1 Å². The minimum atomic E-state index is -0.0989. The average Bonchev–Trinajstić information content (AvgIpc) is 2.42. The second-order valence-electron chi connectivity index (χ2n) is 5.50. The molecular formula is C16H25FN2S. The lowest BCUT2D eigenvalue weighted by molar-refractivity contribution is 0.567. The Morgan fingerprint density at radius 2 is 2.20 bits per heavy atom. The van der Waals surface area contributed by atoms with E-state index < -0.39 is 0 Å². The first kappa shape index (κ1) is 15.6. The first-order chi connectivity index (χ1) is 9.54. The van der Waals surface area contributed by atoms with Crippen molar-refractivity contribution in [2.75, 3.05) is 23.7 Å². The van der Waals surface area contributed by atoms with Crippen molar-refractivity contribution in [2.45, 2.75) is 45.0 Å². The Balaban J connectivity index is 2.21. The van der Waals surface area contributed by atoms with Gasteiger partial charge >= 0.3 is 0 Å². The normalized spacial score (nSPS) is 24.8. The standard InChI is InChI=1S/C16H25FN2S/c1-5-18-11(2)14-6-7-16(15(17)10-14)19-8-9-20-13(4)12(19)3/h6-7,10-13,18H,5,8-9H2,1-4H3. The van der Waals surface area contributed by atoms with Crippen LogP contribution in [0.25, 0.3) is 0 Å². The van der Waals surface area contributed by atoms with Gasteiger partial charge in [0.2, 0.25) is 0 Å². The van der Waals surface area contributed by atoms with Gasteiger partial charge in [0.15, 0.2) is 0 Å². The molecule has 0 bridgehead atoms. The van der Waals surface area contributed by atoms with Crippen LogP contribution in [0.1, 0.15) is 39.3 Å². The second kappa shape index (κ2) is 6.81. The van der Waals surface area contributed by atoms with Crippen LogP contribution in [-0.4, -0.2) is 30.1 Å². The summed E-state index contributed by atoms with van der Waals surface area (Å²) in [5.41, 5.74) is 1.76. The van der Waals surface area contributed by atoms with Gasteiger partial charge < -0.3 is 10.2 Å². The van der Waals surface area contributed by atoms with Crippen LogP contribution in [0.3, 0.4) is 0 Å². The number of thioether (sulfide) groups is 1. The monoisotopic (exact) mass is 296 g/mol. The molecular weight excluding hydrogens is 271 g/mol. The number of anilines is 1. The van der Waals surface area contributed by atoms with Crippen LogP contribution in [0.4, 0.5) is 10.1 Å². The van der Waals surface area contributed by atoms with Gasteiger partial charge in [-0.15, -0.1) is 0 Å². The minimum absolute atomic E-state index is 0.0989. The molecule has 1 aliphatic heterocycles. The first-order valence-electron chi connectivity index (χ1n) is 7.45. The molecule has 0 spiro atoms. The molecule has 1 aliphatic rings. The van der Waals surface area contributed by atoms with E-state index >= 15 is 0 Å². The number of rotatable bonds is 4. The molecule has 0 aliphatic carbocycles. The van der Waals surface area contributed by atoms with Crippen LogP contribution in [0, 0.1) is 5.82 Å². The predicted molar refractivity (Wildman–Crippen MR) is 87.2 cm³/mol. The zero-order valence-corrected chi connectivity index (χ0v) is 13.6. The van der Waals surface area contributed by atoms with Crippen molar-refractivity contribution in [1.82, 2.24) is 5.32 Å². The van der Waals surface area contributed by atoms with Crippen molar-refractivity contribution < 1.29 is 4.39 Å². The quantitative estimate of drug-likeness (QED) is 0.909. The lowest BCUT2D eigenvalue weighted by Crippen LogP contribution is -2.45. The van der Waals surface area contributed by atoms with Gasteiger partial charge in [-0.2, -0.15) is 11.8 Å². The fourth-order valence-corrected chi connectivity index (χ4v) is 3.82. The Labute approximate surface area is 126 Å². The number of hydrogen-bond acceptors (Lipinski definition) is 3. The maximum Gasteiger partial charge on any atom is 0.146 e. The number of nitrogens with one attached hydrogen (secondary N) is 1. The summed E-state index contributed by atoms with van der Waals surface area (Å²) in [4.78, 5) is 2.21. The Bertz CT molecular complexity index is 452. The number of halogens is 1. The molecule has 20 heavy (non-hydrogen) atoms. The van der Waals surface area contributed by atoms with E-state index in [-0.39, 0.29) is 11.9 Å². The third-order valence-electron chi connectivity index (χ3n) is 4.18. The molecule has 1 heterocycles. The summed E-state index contributed by atoms with van der Waals surface area (Å²) in [6, 6.07) is 6.24. The molecule has 112 valence electrons. The highest BCUT2D eigenvalue weighted by Gasteiger charge is 2.27. The fourth-order valence-electron chi connectivity index (χ4n) is 2.72. The van der Waals surface area contributed by atoms with Crippen molar-refractivity contribution in [3.05, 3.63) is 29.6 Å². The Hall–Kier alpha value is -0.740. The highest BCUT2D eigenvalue weighted by Crippen LogP contribution is 2.31. The van der Waals surface area contributed by atoms with Gasteiger partial charge in [-0.25, -0.2) is 4.39 Å². The van der Waals surface area contributed by atoms with Crippen LogP contribution in [-0.2, 0) is 0 Å². The van der Waals surface area contributed by atoms with Crippen LogP contribution in [0.2, 0.25) is 0 Å². The van der Waals surface area contributed by atoms with Crippen LogP contribution >= 0.6 is 11.8 Å². The molecule has 1 N–H and O–H groups in total. The summed E-state index contributed by atoms with van der Waals surface area (Å²) in [6.07, 6.45) is 0. The largest absolute Gasteiger partial charge is 0.365 e. The molecule has 1 aromatic rings. The van der Waals surface area contributed by atoms with Crippen LogP contribution < -0.4 is 10.2 Å². The molecule has 0 saturated carbocycles. The minimum Gasteiger partial charge on any atom is -0.365 e. The number of benzene rings is 1. The molecule has 4 heteroatoms. The SMILES string of the molecule is CCNC(C)c1ccc(N2CCSC(C)C2C)c(F)c1. The summed E-state index contributed by atoms with van der Waals surface area (Å²) in [6.45, 7) is 10.4. The number of hydrogen-bond donors (Lipinski definition) is 1. The molecule has 1 fully saturated rings. The first-order valence-corrected chi connectivity index (χ1v) is 8.50. The summed E-state index contributed by atoms with van der Waals surface area (Å²) in [7, 11) is 0. The van der Waals surface area contributed by atoms with E-state index in [4.69, 9.17) is 0 Å². The summed E-state index contributed by atoms with van der Waals surface area (Å²) in [5.74, 6) is 0.971. The molecule has 2 nitrogen and oxygen atoms in total. The Morgan fingerprint density at radius 3 is 2.85 bits per heavy atom. The van der Waals surface area contributed by atoms with Gasteiger partial charge in [0, 0.05) is 29.6 Å². The van der Waals surface area contributed by atoms with Crippen molar-refractivity contribution in [3.63, 3.8) is 0 Å². The van der Waals surface area contributed by atoms with Gasteiger partial charge in [0.25, 0.3) is 0 Å². The van der Waals surface area contributed by atoms with Crippen molar-refractivity contribution >= 4 is 17.4 Å². The third kappa shape index (κ3) is 3.29. The van der Waals surface area contributed by atoms with E-state index in [1.54, 1.807) is 6.07 Å². The maximum atomic E-state index is 14.5. The molecule has 0 amide bonds. The average molecular weight is 296 g/mol. The van der Waals surface area contributed by atoms with E-state index in [2.05, 4.69) is 37.9 Å². The molecule has 3 atom stereocenters. The lowest BCUT2D eigenvalue weighted by atomic mass is 10.1. The summed E-state index contributed by atoms with van der Waals surface area (Å²) in [5, 5.41) is 3.87. The Kier molecular flexibility index (Phi) is 5.33. The van der Waals surface area contributed by atoms with E-state index in [1.165, 1.54) is 0 Å². The van der Waals surface area contributed by atoms with E-state index in [1.807, 2.05) is 23.9 Å². The van der Waals surface area contributed by atoms with Crippen LogP contribution in [0.15, 0.2) is 18.2 Å². The van der Waals surface area contributed by atoms with Crippen molar-refractivity contribution in [2.24, 2.45) is 0 Å². The van der Waals surface area contributed by atoms with Gasteiger partial charge in [0.1, 0.15) is 5.82 Å². The predicted octanol–water partition coefficient (Wildman–Crippen LogP) is 3.83. The summed E-state index contributed by atoms with van der Waals surface area (Å²) >= 11 is 1.97. The van der Waals surface area contributed by atoms with E-state index in [9.17, 15) is 4.39 Å². The molecule has 1 saturated heterocycles. The molecule has 0 aromatic heterocycles. The number of nitrogens with zero attached hydrogens (tertiary/aromatic N) is 1. The molecule has 2 rings (SSSR count). The smallest absolute Gasteiger partial charge is 0.146 e. The molecule has 0 radical (unpaired) electrons. The molecule has 3 unspecified atom stereocenters. The third-order valence-corrected chi connectivity index (χ3v) is 5.51. The van der Waals surface area contributed by atoms with Gasteiger partial charge in [0.05, 0.1) is 5.69 Å². The van der Waals surface area contributed by atoms with Crippen molar-refractivity contribution in [1.29, 1.82) is 0 Å². The zero-order chi connectivity index (χ0) is 14.7. The second-order valence-corrected chi connectivity index (χ2v) is 6.99. The van der Waals surface area contributed by atoms with Gasteiger partial charge in [-0.1, -0.05) is 19.9 Å². The Morgan fingerprint density at radius 1 is 1.45 bits per heavy atom. The fraction of sp³-hybridized carbons (Fsp3) is 0.625.